The first-order valence-corrected chi connectivity index (χ1v) is 7.36. The van der Waals surface area contributed by atoms with Gasteiger partial charge in [0.1, 0.15) is 0 Å². The number of phenolic OH excluding ortho intramolecular Hbond substituents is 3. The molecule has 132 valence electrons. The second kappa shape index (κ2) is 7.96. The number of amides is 1. The average molecular weight is 345 g/mol. The zero-order valence-corrected chi connectivity index (χ0v) is 13.8. The van der Waals surface area contributed by atoms with Crippen molar-refractivity contribution in [1.29, 1.82) is 0 Å². The van der Waals surface area contributed by atoms with Crippen molar-refractivity contribution in [3.05, 3.63) is 47.5 Å². The van der Waals surface area contributed by atoms with Gasteiger partial charge in [-0.2, -0.15) is 0 Å². The van der Waals surface area contributed by atoms with E-state index in [2.05, 4.69) is 5.32 Å². The minimum Gasteiger partial charge on any atom is -0.504 e. The number of benzene rings is 2. The third-order valence-corrected chi connectivity index (χ3v) is 3.44. The fourth-order valence-corrected chi connectivity index (χ4v) is 2.11. The molecule has 0 bridgehead atoms. The second-order valence-corrected chi connectivity index (χ2v) is 5.15. The number of hydrogen-bond donors (Lipinski definition) is 4. The van der Waals surface area contributed by atoms with Crippen LogP contribution in [-0.4, -0.2) is 35.4 Å². The predicted molar refractivity (Wildman–Crippen MR) is 91.9 cm³/mol. The van der Waals surface area contributed by atoms with Crippen molar-refractivity contribution in [2.75, 3.05) is 14.2 Å². The number of ether oxygens (including phenoxy) is 2. The molecule has 0 spiro atoms. The van der Waals surface area contributed by atoms with Crippen LogP contribution in [0.25, 0.3) is 6.08 Å². The molecule has 4 N–H and O–H groups in total. The van der Waals surface area contributed by atoms with Crippen LogP contribution in [0.4, 0.5) is 0 Å². The Morgan fingerprint density at radius 2 is 1.68 bits per heavy atom. The first kappa shape index (κ1) is 18.0. The standard InChI is InChI=1S/C18H19NO6/c1-24-15-8-11(9-16(25-2)18(15)23)4-6-17(22)19-10-12-3-5-13(20)14(21)7-12/h3-9,20-21,23H,10H2,1-2H3,(H,19,22). The molecule has 0 saturated carbocycles. The molecular weight excluding hydrogens is 326 g/mol. The lowest BCUT2D eigenvalue weighted by atomic mass is 10.1. The smallest absolute Gasteiger partial charge is 0.244 e. The van der Waals surface area contributed by atoms with E-state index >= 15 is 0 Å². The summed E-state index contributed by atoms with van der Waals surface area (Å²) in [6.45, 7) is 0.194. The topological polar surface area (TPSA) is 108 Å². The quantitative estimate of drug-likeness (QED) is 0.472. The zero-order chi connectivity index (χ0) is 18.4. The van der Waals surface area contributed by atoms with Gasteiger partial charge in [-0.3, -0.25) is 4.79 Å². The molecule has 0 saturated heterocycles. The number of nitrogens with one attached hydrogen (secondary N) is 1. The van der Waals surface area contributed by atoms with Gasteiger partial charge in [0.2, 0.25) is 11.7 Å². The summed E-state index contributed by atoms with van der Waals surface area (Å²) >= 11 is 0. The van der Waals surface area contributed by atoms with E-state index in [9.17, 15) is 20.1 Å². The Morgan fingerprint density at radius 1 is 1.04 bits per heavy atom. The monoisotopic (exact) mass is 345 g/mol. The fraction of sp³-hybridized carbons (Fsp3) is 0.167. The minimum atomic E-state index is -0.349. The SMILES string of the molecule is COc1cc(C=CC(=O)NCc2ccc(O)c(O)c2)cc(OC)c1O. The summed E-state index contributed by atoms with van der Waals surface area (Å²) < 4.78 is 10.1. The molecule has 25 heavy (non-hydrogen) atoms. The van der Waals surface area contributed by atoms with Gasteiger partial charge in [-0.1, -0.05) is 6.07 Å². The van der Waals surface area contributed by atoms with E-state index in [1.807, 2.05) is 0 Å². The molecular formula is C18H19NO6. The first-order chi connectivity index (χ1) is 11.9. The van der Waals surface area contributed by atoms with E-state index in [1.165, 1.54) is 32.4 Å². The van der Waals surface area contributed by atoms with Gasteiger partial charge in [0.25, 0.3) is 0 Å². The van der Waals surface area contributed by atoms with Crippen LogP contribution in [0.1, 0.15) is 11.1 Å². The van der Waals surface area contributed by atoms with Crippen LogP contribution in [-0.2, 0) is 11.3 Å². The molecule has 0 heterocycles. The summed E-state index contributed by atoms with van der Waals surface area (Å²) in [4.78, 5) is 11.9. The van der Waals surface area contributed by atoms with Crippen LogP contribution in [0.5, 0.6) is 28.7 Å². The molecule has 0 atom stereocenters. The van der Waals surface area contributed by atoms with Crippen LogP contribution in [0.2, 0.25) is 0 Å². The van der Waals surface area contributed by atoms with Crippen molar-refractivity contribution >= 4 is 12.0 Å². The summed E-state index contributed by atoms with van der Waals surface area (Å²) in [6, 6.07) is 7.45. The molecule has 0 aliphatic heterocycles. The van der Waals surface area contributed by atoms with Crippen molar-refractivity contribution in [2.45, 2.75) is 6.54 Å². The van der Waals surface area contributed by atoms with Gasteiger partial charge in [0.15, 0.2) is 23.0 Å². The third-order valence-electron chi connectivity index (χ3n) is 3.44. The highest BCUT2D eigenvalue weighted by molar-refractivity contribution is 5.91. The molecule has 2 aromatic rings. The lowest BCUT2D eigenvalue weighted by Crippen LogP contribution is -2.20. The minimum absolute atomic E-state index is 0.112. The molecule has 1 amide bonds. The lowest BCUT2D eigenvalue weighted by Gasteiger charge is -2.09. The molecule has 0 fully saturated rings. The Hall–Kier alpha value is -3.35. The fourth-order valence-electron chi connectivity index (χ4n) is 2.11. The molecule has 0 unspecified atom stereocenters. The molecule has 2 aromatic carbocycles. The van der Waals surface area contributed by atoms with E-state index in [0.717, 1.165) is 0 Å². The van der Waals surface area contributed by atoms with Gasteiger partial charge in [0.05, 0.1) is 14.2 Å². The molecule has 7 nitrogen and oxygen atoms in total. The van der Waals surface area contributed by atoms with Gasteiger partial charge < -0.3 is 30.1 Å². The van der Waals surface area contributed by atoms with E-state index in [4.69, 9.17) is 9.47 Å². The van der Waals surface area contributed by atoms with E-state index < -0.39 is 0 Å². The average Bonchev–Trinajstić information content (AvgIpc) is 2.61. The van der Waals surface area contributed by atoms with Crippen molar-refractivity contribution in [3.8, 4) is 28.7 Å². The molecule has 0 aliphatic rings. The lowest BCUT2D eigenvalue weighted by molar-refractivity contribution is -0.116. The molecule has 0 aliphatic carbocycles. The largest absolute Gasteiger partial charge is 0.504 e. The van der Waals surface area contributed by atoms with Crippen LogP contribution >= 0.6 is 0 Å². The Labute approximate surface area is 144 Å². The molecule has 0 radical (unpaired) electrons. The Balaban J connectivity index is 2.03. The zero-order valence-electron chi connectivity index (χ0n) is 13.8. The van der Waals surface area contributed by atoms with E-state index in [0.29, 0.717) is 11.1 Å². The van der Waals surface area contributed by atoms with Crippen molar-refractivity contribution in [3.63, 3.8) is 0 Å². The number of phenols is 3. The summed E-state index contributed by atoms with van der Waals surface area (Å²) in [5.41, 5.74) is 1.26. The maximum Gasteiger partial charge on any atom is 0.244 e. The molecule has 0 aromatic heterocycles. The van der Waals surface area contributed by atoms with Crippen LogP contribution in [0.15, 0.2) is 36.4 Å². The summed E-state index contributed by atoms with van der Waals surface area (Å²) in [5.74, 6) is -0.453. The normalized spacial score (nSPS) is 10.6. The number of carbonyl (C=O) groups excluding carboxylic acids is 1. The van der Waals surface area contributed by atoms with Gasteiger partial charge in [-0.25, -0.2) is 0 Å². The number of methoxy groups -OCH3 is 2. The van der Waals surface area contributed by atoms with Gasteiger partial charge in [-0.15, -0.1) is 0 Å². The maximum atomic E-state index is 11.9. The summed E-state index contributed by atoms with van der Waals surface area (Å²) in [5, 5.41) is 31.2. The second-order valence-electron chi connectivity index (χ2n) is 5.15. The molecule has 2 rings (SSSR count). The van der Waals surface area contributed by atoms with Gasteiger partial charge >= 0.3 is 0 Å². The number of rotatable bonds is 6. The van der Waals surface area contributed by atoms with Crippen molar-refractivity contribution < 1.29 is 29.6 Å². The van der Waals surface area contributed by atoms with E-state index in [-0.39, 0.29) is 41.2 Å². The van der Waals surface area contributed by atoms with Gasteiger partial charge in [-0.05, 0) is 41.5 Å². The number of aromatic hydroxyl groups is 3. The molecule has 7 heteroatoms. The Morgan fingerprint density at radius 3 is 2.24 bits per heavy atom. The summed E-state index contributed by atoms with van der Waals surface area (Å²) in [7, 11) is 2.84. The first-order valence-electron chi connectivity index (χ1n) is 7.36. The Bertz CT molecular complexity index is 775. The van der Waals surface area contributed by atoms with Crippen LogP contribution in [0, 0.1) is 0 Å². The summed E-state index contributed by atoms with van der Waals surface area (Å²) in [6.07, 6.45) is 2.87. The van der Waals surface area contributed by atoms with Crippen LogP contribution in [0.3, 0.4) is 0 Å². The third kappa shape index (κ3) is 4.57. The van der Waals surface area contributed by atoms with E-state index in [1.54, 1.807) is 24.3 Å². The number of carbonyl (C=O) groups is 1. The van der Waals surface area contributed by atoms with Gasteiger partial charge in [0, 0.05) is 12.6 Å². The highest BCUT2D eigenvalue weighted by Crippen LogP contribution is 2.37. The van der Waals surface area contributed by atoms with Crippen molar-refractivity contribution in [1.82, 2.24) is 5.32 Å². The van der Waals surface area contributed by atoms with Crippen molar-refractivity contribution in [2.24, 2.45) is 0 Å². The van der Waals surface area contributed by atoms with Crippen LogP contribution < -0.4 is 14.8 Å². The number of hydrogen-bond acceptors (Lipinski definition) is 6. The predicted octanol–water partition coefficient (Wildman–Crippen LogP) is 2.15. The highest BCUT2D eigenvalue weighted by Gasteiger charge is 2.10. The maximum absolute atomic E-state index is 11.9. The Kier molecular flexibility index (Phi) is 5.73. The highest BCUT2D eigenvalue weighted by atomic mass is 16.5.